The molecule has 4 nitrogen and oxygen atoms in total. The van der Waals surface area contributed by atoms with E-state index in [0.29, 0.717) is 17.7 Å². The van der Waals surface area contributed by atoms with E-state index in [-0.39, 0.29) is 11.9 Å². The average Bonchev–Trinajstić information content (AvgIpc) is 2.88. The van der Waals surface area contributed by atoms with Crippen LogP contribution in [-0.2, 0) is 11.3 Å². The highest BCUT2D eigenvalue weighted by molar-refractivity contribution is 5.97. The first kappa shape index (κ1) is 12.8. The van der Waals surface area contributed by atoms with Gasteiger partial charge in [-0.3, -0.25) is 0 Å². The number of amidine groups is 1. The molecule has 5 heteroatoms. The minimum Gasteiger partial charge on any atom is -0.409 e. The molecule has 18 heavy (non-hydrogen) atoms. The van der Waals surface area contributed by atoms with E-state index < -0.39 is 5.82 Å². The maximum atomic E-state index is 13.4. The molecule has 0 bridgehead atoms. The van der Waals surface area contributed by atoms with Gasteiger partial charge in [0.05, 0.1) is 12.7 Å². The summed E-state index contributed by atoms with van der Waals surface area (Å²) in [6.07, 6.45) is 4.82. The first-order chi connectivity index (χ1) is 8.69. The molecule has 0 saturated heterocycles. The van der Waals surface area contributed by atoms with E-state index in [4.69, 9.17) is 15.7 Å². The number of nitrogens with zero attached hydrogens (tertiary/aromatic N) is 1. The largest absolute Gasteiger partial charge is 0.409 e. The predicted molar refractivity (Wildman–Crippen MR) is 66.0 cm³/mol. The molecule has 1 aliphatic rings. The van der Waals surface area contributed by atoms with Crippen molar-refractivity contribution in [1.82, 2.24) is 0 Å². The van der Waals surface area contributed by atoms with Crippen LogP contribution in [-0.4, -0.2) is 17.1 Å². The second kappa shape index (κ2) is 5.82. The Labute approximate surface area is 105 Å². The van der Waals surface area contributed by atoms with Gasteiger partial charge in [-0.25, -0.2) is 4.39 Å². The normalized spacial score (nSPS) is 17.3. The van der Waals surface area contributed by atoms with Crippen LogP contribution in [0.4, 0.5) is 4.39 Å². The van der Waals surface area contributed by atoms with E-state index in [1.54, 1.807) is 6.07 Å². The summed E-state index contributed by atoms with van der Waals surface area (Å²) < 4.78 is 19.1. The van der Waals surface area contributed by atoms with Crippen LogP contribution >= 0.6 is 0 Å². The van der Waals surface area contributed by atoms with Gasteiger partial charge >= 0.3 is 0 Å². The lowest BCUT2D eigenvalue weighted by molar-refractivity contribution is 0.0455. The molecule has 1 fully saturated rings. The molecular formula is C13H17FN2O2. The molecule has 98 valence electrons. The van der Waals surface area contributed by atoms with Gasteiger partial charge in [0.15, 0.2) is 5.84 Å². The lowest BCUT2D eigenvalue weighted by Gasteiger charge is -2.11. The van der Waals surface area contributed by atoms with Crippen LogP contribution in [0.15, 0.2) is 23.4 Å². The van der Waals surface area contributed by atoms with Crippen molar-refractivity contribution in [3.05, 3.63) is 35.1 Å². The van der Waals surface area contributed by atoms with Crippen LogP contribution in [0.5, 0.6) is 0 Å². The van der Waals surface area contributed by atoms with Gasteiger partial charge in [-0.15, -0.1) is 0 Å². The van der Waals surface area contributed by atoms with Crippen LogP contribution in [0.2, 0.25) is 0 Å². The Balaban J connectivity index is 2.05. The van der Waals surface area contributed by atoms with Gasteiger partial charge in [0.1, 0.15) is 5.82 Å². The van der Waals surface area contributed by atoms with E-state index in [9.17, 15) is 4.39 Å². The summed E-state index contributed by atoms with van der Waals surface area (Å²) in [5, 5.41) is 11.4. The molecule has 0 unspecified atom stereocenters. The molecule has 1 saturated carbocycles. The molecule has 2 rings (SSSR count). The van der Waals surface area contributed by atoms with Crippen molar-refractivity contribution in [2.24, 2.45) is 10.9 Å². The summed E-state index contributed by atoms with van der Waals surface area (Å²) in [5.74, 6) is -0.513. The van der Waals surface area contributed by atoms with E-state index in [1.165, 1.54) is 25.0 Å². The van der Waals surface area contributed by atoms with E-state index >= 15 is 0 Å². The molecule has 0 atom stereocenters. The Morgan fingerprint density at radius 2 is 2.11 bits per heavy atom. The summed E-state index contributed by atoms with van der Waals surface area (Å²) in [5.41, 5.74) is 6.50. The first-order valence-corrected chi connectivity index (χ1v) is 6.08. The van der Waals surface area contributed by atoms with E-state index in [1.807, 2.05) is 0 Å². The summed E-state index contributed by atoms with van der Waals surface area (Å²) >= 11 is 0. The van der Waals surface area contributed by atoms with Crippen molar-refractivity contribution in [3.8, 4) is 0 Å². The standard InChI is InChI=1S/C13H17FN2O2/c14-11-6-9(5-10(7-11)13(15)16-17)8-18-12-3-1-2-4-12/h5-7,12,17H,1-4,8H2,(H2,15,16). The Hall–Kier alpha value is -1.62. The molecule has 3 N–H and O–H groups in total. The Bertz CT molecular complexity index is 443. The maximum absolute atomic E-state index is 13.4. The molecule has 0 spiro atoms. The SMILES string of the molecule is N/C(=N/O)c1cc(F)cc(COC2CCCC2)c1. The summed E-state index contributed by atoms with van der Waals surface area (Å²) in [4.78, 5) is 0. The first-order valence-electron chi connectivity index (χ1n) is 6.08. The molecule has 0 radical (unpaired) electrons. The van der Waals surface area contributed by atoms with Crippen molar-refractivity contribution in [3.63, 3.8) is 0 Å². The second-order valence-electron chi connectivity index (χ2n) is 4.55. The third kappa shape index (κ3) is 3.20. The third-order valence-corrected chi connectivity index (χ3v) is 3.15. The molecule has 0 amide bonds. The number of rotatable bonds is 4. The number of oxime groups is 1. The Morgan fingerprint density at radius 1 is 1.39 bits per heavy atom. The molecule has 0 aromatic heterocycles. The smallest absolute Gasteiger partial charge is 0.170 e. The van der Waals surface area contributed by atoms with Crippen LogP contribution < -0.4 is 5.73 Å². The number of ether oxygens (including phenoxy) is 1. The molecular weight excluding hydrogens is 235 g/mol. The van der Waals surface area contributed by atoms with Gasteiger partial charge in [-0.2, -0.15) is 0 Å². The predicted octanol–water partition coefficient (Wildman–Crippen LogP) is 2.38. The fourth-order valence-electron chi connectivity index (χ4n) is 2.21. The molecule has 1 aromatic carbocycles. The molecule has 0 aliphatic heterocycles. The number of hydrogen-bond acceptors (Lipinski definition) is 3. The zero-order chi connectivity index (χ0) is 13.0. The van der Waals surface area contributed by atoms with E-state index in [2.05, 4.69) is 5.16 Å². The van der Waals surface area contributed by atoms with Crippen LogP contribution in [0.25, 0.3) is 0 Å². The van der Waals surface area contributed by atoms with Crippen molar-refractivity contribution in [2.45, 2.75) is 38.4 Å². The average molecular weight is 252 g/mol. The van der Waals surface area contributed by atoms with Gasteiger partial charge in [0, 0.05) is 5.56 Å². The minimum atomic E-state index is -0.413. The lowest BCUT2D eigenvalue weighted by Crippen LogP contribution is -2.14. The summed E-state index contributed by atoms with van der Waals surface area (Å²) in [7, 11) is 0. The van der Waals surface area contributed by atoms with Crippen LogP contribution in [0.3, 0.4) is 0 Å². The van der Waals surface area contributed by atoms with Crippen molar-refractivity contribution in [1.29, 1.82) is 0 Å². The summed E-state index contributed by atoms with van der Waals surface area (Å²) in [6.45, 7) is 0.355. The Morgan fingerprint density at radius 3 is 2.78 bits per heavy atom. The fraction of sp³-hybridized carbons (Fsp3) is 0.462. The third-order valence-electron chi connectivity index (χ3n) is 3.15. The summed E-state index contributed by atoms with van der Waals surface area (Å²) in [6, 6.07) is 4.31. The minimum absolute atomic E-state index is 0.100. The quantitative estimate of drug-likeness (QED) is 0.374. The number of nitrogens with two attached hydrogens (primary N) is 1. The monoisotopic (exact) mass is 252 g/mol. The number of benzene rings is 1. The Kier molecular flexibility index (Phi) is 4.15. The van der Waals surface area contributed by atoms with Gasteiger partial charge in [-0.05, 0) is 36.6 Å². The topological polar surface area (TPSA) is 67.8 Å². The van der Waals surface area contributed by atoms with Gasteiger partial charge < -0.3 is 15.7 Å². The van der Waals surface area contributed by atoms with E-state index in [0.717, 1.165) is 12.8 Å². The highest BCUT2D eigenvalue weighted by Crippen LogP contribution is 2.22. The molecule has 1 aromatic rings. The molecule has 1 aliphatic carbocycles. The molecule has 0 heterocycles. The van der Waals surface area contributed by atoms with Crippen molar-refractivity contribution >= 4 is 5.84 Å². The maximum Gasteiger partial charge on any atom is 0.170 e. The second-order valence-corrected chi connectivity index (χ2v) is 4.55. The highest BCUT2D eigenvalue weighted by Gasteiger charge is 2.15. The zero-order valence-corrected chi connectivity index (χ0v) is 10.1. The van der Waals surface area contributed by atoms with Crippen LogP contribution in [0, 0.1) is 5.82 Å². The van der Waals surface area contributed by atoms with Crippen molar-refractivity contribution in [2.75, 3.05) is 0 Å². The van der Waals surface area contributed by atoms with Gasteiger partial charge in [0.2, 0.25) is 0 Å². The fourth-order valence-corrected chi connectivity index (χ4v) is 2.21. The van der Waals surface area contributed by atoms with Crippen molar-refractivity contribution < 1.29 is 14.3 Å². The lowest BCUT2D eigenvalue weighted by atomic mass is 10.1. The highest BCUT2D eigenvalue weighted by atomic mass is 19.1. The number of hydrogen-bond donors (Lipinski definition) is 2. The van der Waals surface area contributed by atoms with Gasteiger partial charge in [0.25, 0.3) is 0 Å². The number of halogens is 1. The zero-order valence-electron chi connectivity index (χ0n) is 10.1. The van der Waals surface area contributed by atoms with Gasteiger partial charge in [-0.1, -0.05) is 18.0 Å². The van der Waals surface area contributed by atoms with Crippen LogP contribution in [0.1, 0.15) is 36.8 Å².